The quantitative estimate of drug-likeness (QED) is 0.294. The van der Waals surface area contributed by atoms with Gasteiger partial charge in [-0.15, -0.1) is 24.0 Å². The Balaban J connectivity index is 0.00000364. The molecule has 148 valence electrons. The molecule has 0 unspecified atom stereocenters. The molecule has 27 heavy (non-hydrogen) atoms. The van der Waals surface area contributed by atoms with Crippen LogP contribution in [0.25, 0.3) is 0 Å². The van der Waals surface area contributed by atoms with Crippen molar-refractivity contribution >= 4 is 40.0 Å². The number of nitrogens with zero attached hydrogens (tertiary/aromatic N) is 1. The fourth-order valence-corrected chi connectivity index (χ4v) is 3.30. The van der Waals surface area contributed by atoms with E-state index in [0.717, 1.165) is 11.1 Å². The first-order chi connectivity index (χ1) is 12.5. The van der Waals surface area contributed by atoms with Gasteiger partial charge in [0.05, 0.1) is 5.75 Å². The van der Waals surface area contributed by atoms with Gasteiger partial charge >= 0.3 is 0 Å². The first-order valence-electron chi connectivity index (χ1n) is 8.50. The monoisotopic (exact) mass is 502 g/mol. The van der Waals surface area contributed by atoms with E-state index in [-0.39, 0.29) is 36.3 Å². The molecule has 0 saturated carbocycles. The lowest BCUT2D eigenvalue weighted by atomic mass is 10.1. The van der Waals surface area contributed by atoms with Crippen LogP contribution >= 0.6 is 24.0 Å². The van der Waals surface area contributed by atoms with Crippen LogP contribution in [-0.4, -0.2) is 33.7 Å². The number of benzene rings is 2. The minimum absolute atomic E-state index is 0. The van der Waals surface area contributed by atoms with E-state index in [1.807, 2.05) is 55.5 Å². The Morgan fingerprint density at radius 3 is 2.33 bits per heavy atom. The molecule has 3 N–H and O–H groups in total. The van der Waals surface area contributed by atoms with Crippen LogP contribution in [0.4, 0.5) is 0 Å². The Labute approximate surface area is 178 Å². The summed E-state index contributed by atoms with van der Waals surface area (Å²) < 4.78 is 26.8. The van der Waals surface area contributed by atoms with Crippen molar-refractivity contribution in [2.45, 2.75) is 20.0 Å². The van der Waals surface area contributed by atoms with Crippen LogP contribution in [0.3, 0.4) is 0 Å². The van der Waals surface area contributed by atoms with Gasteiger partial charge in [-0.2, -0.15) is 0 Å². The van der Waals surface area contributed by atoms with E-state index in [4.69, 9.17) is 0 Å². The number of hydrogen-bond acceptors (Lipinski definition) is 3. The van der Waals surface area contributed by atoms with E-state index in [9.17, 15) is 8.42 Å². The average molecular weight is 502 g/mol. The van der Waals surface area contributed by atoms with Crippen molar-refractivity contribution in [2.75, 3.05) is 19.3 Å². The van der Waals surface area contributed by atoms with E-state index >= 15 is 0 Å². The normalized spacial score (nSPS) is 11.6. The Morgan fingerprint density at radius 1 is 0.963 bits per heavy atom. The second kappa shape index (κ2) is 11.9. The summed E-state index contributed by atoms with van der Waals surface area (Å²) in [6.07, 6.45) is 0. The number of rotatable bonds is 8. The van der Waals surface area contributed by atoms with Gasteiger partial charge in [0.2, 0.25) is 10.0 Å². The van der Waals surface area contributed by atoms with Gasteiger partial charge in [0, 0.05) is 26.7 Å². The smallest absolute Gasteiger partial charge is 0.213 e. The molecule has 2 aromatic rings. The van der Waals surface area contributed by atoms with Crippen molar-refractivity contribution in [3.05, 3.63) is 71.3 Å². The molecule has 0 bridgehead atoms. The molecule has 0 saturated heterocycles. The molecule has 0 amide bonds. The molecule has 2 aromatic carbocycles. The zero-order chi connectivity index (χ0) is 18.8. The standard InChI is InChI=1S/C19H26N4O2S.HI/c1-16-7-6-10-18(13-16)14-22-19(20-2)21-11-12-26(24,25)23-15-17-8-4-3-5-9-17;/h3-10,13,23H,11-12,14-15H2,1-2H3,(H2,20,21,22);1H. The average Bonchev–Trinajstić information content (AvgIpc) is 2.64. The van der Waals surface area contributed by atoms with E-state index in [1.54, 1.807) is 7.05 Å². The fraction of sp³-hybridized carbons (Fsp3) is 0.316. The van der Waals surface area contributed by atoms with Crippen LogP contribution in [0.15, 0.2) is 59.6 Å². The number of aryl methyl sites for hydroxylation is 1. The van der Waals surface area contributed by atoms with Gasteiger partial charge in [-0.3, -0.25) is 4.99 Å². The topological polar surface area (TPSA) is 82.6 Å². The summed E-state index contributed by atoms with van der Waals surface area (Å²) in [6.45, 7) is 3.24. The largest absolute Gasteiger partial charge is 0.355 e. The minimum atomic E-state index is -3.35. The number of guanidine groups is 1. The second-order valence-electron chi connectivity index (χ2n) is 5.97. The summed E-state index contributed by atoms with van der Waals surface area (Å²) in [4.78, 5) is 4.12. The summed E-state index contributed by atoms with van der Waals surface area (Å²) in [5.74, 6) is 0.551. The molecular weight excluding hydrogens is 475 g/mol. The molecule has 0 spiro atoms. The molecule has 8 heteroatoms. The van der Waals surface area contributed by atoms with Crippen LogP contribution < -0.4 is 15.4 Å². The maximum absolute atomic E-state index is 12.1. The molecule has 0 fully saturated rings. The van der Waals surface area contributed by atoms with Gasteiger partial charge in [-0.1, -0.05) is 60.2 Å². The number of hydrogen-bond donors (Lipinski definition) is 3. The predicted molar refractivity (Wildman–Crippen MR) is 122 cm³/mol. The van der Waals surface area contributed by atoms with Crippen LogP contribution in [0, 0.1) is 6.92 Å². The van der Waals surface area contributed by atoms with E-state index in [1.165, 1.54) is 5.56 Å². The summed E-state index contributed by atoms with van der Waals surface area (Å²) in [5, 5.41) is 6.21. The van der Waals surface area contributed by atoms with Crippen LogP contribution in [-0.2, 0) is 23.1 Å². The molecule has 0 aliphatic carbocycles. The summed E-state index contributed by atoms with van der Waals surface area (Å²) >= 11 is 0. The third-order valence-corrected chi connectivity index (χ3v) is 5.09. The zero-order valence-corrected chi connectivity index (χ0v) is 18.8. The first-order valence-corrected chi connectivity index (χ1v) is 10.1. The Kier molecular flexibility index (Phi) is 10.3. The summed E-state index contributed by atoms with van der Waals surface area (Å²) in [7, 11) is -1.69. The number of halogens is 1. The number of sulfonamides is 1. The van der Waals surface area contributed by atoms with E-state index in [0.29, 0.717) is 19.0 Å². The molecule has 0 aliphatic rings. The lowest BCUT2D eigenvalue weighted by Gasteiger charge is -2.13. The van der Waals surface area contributed by atoms with Crippen molar-refractivity contribution in [2.24, 2.45) is 4.99 Å². The van der Waals surface area contributed by atoms with Gasteiger partial charge in [-0.05, 0) is 18.1 Å². The van der Waals surface area contributed by atoms with E-state index < -0.39 is 10.0 Å². The Hall–Kier alpha value is -1.65. The number of aliphatic imine (C=N–C) groups is 1. The van der Waals surface area contributed by atoms with Crippen LogP contribution in [0.2, 0.25) is 0 Å². The maximum atomic E-state index is 12.1. The molecule has 0 atom stereocenters. The van der Waals surface area contributed by atoms with Gasteiger partial charge in [0.15, 0.2) is 5.96 Å². The molecule has 2 rings (SSSR count). The molecule has 0 radical (unpaired) electrons. The van der Waals surface area contributed by atoms with Gasteiger partial charge in [0.25, 0.3) is 0 Å². The van der Waals surface area contributed by atoms with Crippen molar-refractivity contribution < 1.29 is 8.42 Å². The molecule has 0 aromatic heterocycles. The zero-order valence-electron chi connectivity index (χ0n) is 15.6. The Bertz CT molecular complexity index is 827. The molecular formula is C19H27IN4O2S. The van der Waals surface area contributed by atoms with Gasteiger partial charge < -0.3 is 10.6 Å². The highest BCUT2D eigenvalue weighted by molar-refractivity contribution is 14.0. The highest BCUT2D eigenvalue weighted by Crippen LogP contribution is 2.03. The first kappa shape index (κ1) is 23.4. The maximum Gasteiger partial charge on any atom is 0.213 e. The SMILES string of the molecule is CN=C(NCCS(=O)(=O)NCc1ccccc1)NCc1cccc(C)c1.I. The fourth-order valence-electron chi connectivity index (χ4n) is 2.39. The van der Waals surface area contributed by atoms with Gasteiger partial charge in [-0.25, -0.2) is 13.1 Å². The summed E-state index contributed by atoms with van der Waals surface area (Å²) in [6, 6.07) is 17.6. The number of nitrogens with one attached hydrogen (secondary N) is 3. The Morgan fingerprint density at radius 2 is 1.67 bits per heavy atom. The summed E-state index contributed by atoms with van der Waals surface area (Å²) in [5.41, 5.74) is 3.27. The predicted octanol–water partition coefficient (Wildman–Crippen LogP) is 2.40. The third kappa shape index (κ3) is 9.21. The molecule has 6 nitrogen and oxygen atoms in total. The lowest BCUT2D eigenvalue weighted by Crippen LogP contribution is -2.40. The molecule has 0 aliphatic heterocycles. The minimum Gasteiger partial charge on any atom is -0.355 e. The van der Waals surface area contributed by atoms with Crippen molar-refractivity contribution in [1.29, 1.82) is 0 Å². The highest BCUT2D eigenvalue weighted by Gasteiger charge is 2.10. The second-order valence-corrected chi connectivity index (χ2v) is 7.89. The van der Waals surface area contributed by atoms with Crippen molar-refractivity contribution in [1.82, 2.24) is 15.4 Å². The molecule has 0 heterocycles. The van der Waals surface area contributed by atoms with Gasteiger partial charge in [0.1, 0.15) is 0 Å². The van der Waals surface area contributed by atoms with Crippen LogP contribution in [0.5, 0.6) is 0 Å². The van der Waals surface area contributed by atoms with E-state index in [2.05, 4.69) is 26.4 Å². The van der Waals surface area contributed by atoms with Crippen LogP contribution in [0.1, 0.15) is 16.7 Å². The third-order valence-electron chi connectivity index (χ3n) is 3.77. The van der Waals surface area contributed by atoms with Crippen molar-refractivity contribution in [3.8, 4) is 0 Å². The van der Waals surface area contributed by atoms with Crippen molar-refractivity contribution in [3.63, 3.8) is 0 Å². The lowest BCUT2D eigenvalue weighted by molar-refractivity contribution is 0.580. The highest BCUT2D eigenvalue weighted by atomic mass is 127.